The maximum atomic E-state index is 11.3. The molecule has 5 heteroatoms. The van der Waals surface area contributed by atoms with Gasteiger partial charge in [-0.1, -0.05) is 0 Å². The van der Waals surface area contributed by atoms with E-state index in [0.717, 1.165) is 11.1 Å². The molecule has 1 aromatic heterocycles. The molecule has 3 heterocycles. The number of nitrogens with one attached hydrogen (secondary N) is 1. The normalized spacial score (nSPS) is 27.9. The van der Waals surface area contributed by atoms with Crippen LogP contribution in [0.3, 0.4) is 0 Å². The maximum Gasteiger partial charge on any atom is 0.336 e. The van der Waals surface area contributed by atoms with Crippen molar-refractivity contribution >= 4 is 23.0 Å². The van der Waals surface area contributed by atoms with Crippen LogP contribution in [0.15, 0.2) is 39.5 Å². The highest BCUT2D eigenvalue weighted by Gasteiger charge is 2.34. The molecule has 2 saturated heterocycles. The molecule has 21 heavy (non-hydrogen) atoms. The van der Waals surface area contributed by atoms with Crippen molar-refractivity contribution in [3.63, 3.8) is 0 Å². The van der Waals surface area contributed by atoms with Crippen molar-refractivity contribution in [3.8, 4) is 5.75 Å². The third kappa shape index (κ3) is 2.80. The number of benzene rings is 1. The zero-order valence-corrected chi connectivity index (χ0v) is 12.4. The Morgan fingerprint density at radius 2 is 1.90 bits per heavy atom. The van der Waals surface area contributed by atoms with Crippen LogP contribution in [0.1, 0.15) is 25.7 Å². The second kappa shape index (κ2) is 5.39. The van der Waals surface area contributed by atoms with Crippen LogP contribution in [0, 0.1) is 0 Å². The minimum Gasteiger partial charge on any atom is -0.425 e. The van der Waals surface area contributed by atoms with Gasteiger partial charge in [-0.15, -0.1) is 0 Å². The van der Waals surface area contributed by atoms with Crippen molar-refractivity contribution < 1.29 is 8.60 Å². The molecule has 2 bridgehead atoms. The third-order valence-electron chi connectivity index (χ3n) is 4.30. The van der Waals surface area contributed by atoms with E-state index in [-0.39, 0.29) is 5.63 Å². The van der Waals surface area contributed by atoms with Gasteiger partial charge in [0.25, 0.3) is 0 Å². The highest BCUT2D eigenvalue weighted by Crippen LogP contribution is 2.35. The Labute approximate surface area is 127 Å². The molecule has 0 spiro atoms. The van der Waals surface area contributed by atoms with Crippen LogP contribution in [0.25, 0.3) is 11.0 Å². The quantitative estimate of drug-likeness (QED) is 0.697. The topological polar surface area (TPSA) is 51.5 Å². The summed E-state index contributed by atoms with van der Waals surface area (Å²) >= 11 is 1.55. The third-order valence-corrected chi connectivity index (χ3v) is 5.25. The van der Waals surface area contributed by atoms with Crippen molar-refractivity contribution in [1.82, 2.24) is 5.32 Å². The van der Waals surface area contributed by atoms with E-state index in [4.69, 9.17) is 8.60 Å². The lowest BCUT2D eigenvalue weighted by Crippen LogP contribution is -2.39. The van der Waals surface area contributed by atoms with E-state index in [2.05, 4.69) is 5.32 Å². The van der Waals surface area contributed by atoms with E-state index in [1.165, 1.54) is 31.7 Å². The maximum absolute atomic E-state index is 11.3. The second-order valence-corrected chi connectivity index (χ2v) is 6.89. The first-order valence-electron chi connectivity index (χ1n) is 7.39. The molecule has 110 valence electrons. The molecule has 0 saturated carbocycles. The molecule has 2 fully saturated rings. The van der Waals surface area contributed by atoms with Gasteiger partial charge in [0.05, 0.1) is 12.0 Å². The van der Waals surface area contributed by atoms with E-state index in [1.807, 2.05) is 12.1 Å². The molecule has 1 N–H and O–H groups in total. The van der Waals surface area contributed by atoms with Crippen LogP contribution < -0.4 is 15.1 Å². The van der Waals surface area contributed by atoms with Gasteiger partial charge in [0.15, 0.2) is 0 Å². The summed E-state index contributed by atoms with van der Waals surface area (Å²) in [6.07, 6.45) is 4.93. The summed E-state index contributed by atoms with van der Waals surface area (Å²) in [5.41, 5.74) is 0.244. The summed E-state index contributed by atoms with van der Waals surface area (Å²) in [6, 6.07) is 10.2. The highest BCUT2D eigenvalue weighted by atomic mass is 32.2. The zero-order valence-electron chi connectivity index (χ0n) is 11.6. The molecular weight excluding hydrogens is 286 g/mol. The molecule has 4 nitrogen and oxygen atoms in total. The van der Waals surface area contributed by atoms with Crippen LogP contribution in [0.4, 0.5) is 0 Å². The Hall–Kier alpha value is -1.46. The van der Waals surface area contributed by atoms with E-state index in [1.54, 1.807) is 24.2 Å². The smallest absolute Gasteiger partial charge is 0.336 e. The van der Waals surface area contributed by atoms with Crippen LogP contribution in [-0.4, -0.2) is 17.3 Å². The van der Waals surface area contributed by atoms with E-state index >= 15 is 0 Å². The zero-order chi connectivity index (χ0) is 14.2. The fourth-order valence-electron chi connectivity index (χ4n) is 3.30. The Morgan fingerprint density at radius 3 is 2.71 bits per heavy atom. The van der Waals surface area contributed by atoms with Crippen LogP contribution in [0.5, 0.6) is 5.75 Å². The summed E-state index contributed by atoms with van der Waals surface area (Å²) in [7, 11) is 0. The fourth-order valence-corrected chi connectivity index (χ4v) is 4.27. The number of hydrogen-bond acceptors (Lipinski definition) is 5. The van der Waals surface area contributed by atoms with Crippen LogP contribution in [-0.2, 0) is 0 Å². The van der Waals surface area contributed by atoms with Gasteiger partial charge >= 0.3 is 5.63 Å². The molecule has 0 amide bonds. The van der Waals surface area contributed by atoms with E-state index < -0.39 is 0 Å². The number of fused-ring (bicyclic) bond motifs is 3. The Bertz CT molecular complexity index is 702. The van der Waals surface area contributed by atoms with Gasteiger partial charge in [-0.2, -0.15) is 0 Å². The van der Waals surface area contributed by atoms with Gasteiger partial charge in [-0.25, -0.2) is 4.79 Å². The molecule has 2 aromatic rings. The van der Waals surface area contributed by atoms with Gasteiger partial charge in [0.2, 0.25) is 0 Å². The Balaban J connectivity index is 1.46. The highest BCUT2D eigenvalue weighted by molar-refractivity contribution is 7.95. The molecule has 1 aromatic carbocycles. The lowest BCUT2D eigenvalue weighted by Gasteiger charge is -2.27. The minimum absolute atomic E-state index is 0.331. The molecule has 4 rings (SSSR count). The monoisotopic (exact) mass is 303 g/mol. The van der Waals surface area contributed by atoms with Gasteiger partial charge in [0.1, 0.15) is 11.3 Å². The number of piperidine rings is 1. The summed E-state index contributed by atoms with van der Waals surface area (Å²) < 4.78 is 11.0. The average molecular weight is 303 g/mol. The van der Waals surface area contributed by atoms with Gasteiger partial charge < -0.3 is 13.9 Å². The van der Waals surface area contributed by atoms with Gasteiger partial charge in [-0.3, -0.25) is 0 Å². The first-order chi connectivity index (χ1) is 10.3. The fraction of sp³-hybridized carbons (Fsp3) is 0.438. The first kappa shape index (κ1) is 13.2. The second-order valence-electron chi connectivity index (χ2n) is 5.86. The van der Waals surface area contributed by atoms with Crippen molar-refractivity contribution in [2.45, 2.75) is 43.0 Å². The molecule has 2 atom stereocenters. The van der Waals surface area contributed by atoms with E-state index in [0.29, 0.717) is 22.9 Å². The SMILES string of the molecule is O=c1ccc2ccc(OSC3C[C@H]4CC[C@H](C3)N4)cc2o1. The van der Waals surface area contributed by atoms with Crippen molar-refractivity contribution in [2.24, 2.45) is 0 Å². The molecule has 0 radical (unpaired) electrons. The molecular formula is C16H17NO3S. The lowest BCUT2D eigenvalue weighted by atomic mass is 10.1. The minimum atomic E-state index is -0.331. The van der Waals surface area contributed by atoms with Crippen LogP contribution >= 0.6 is 12.0 Å². The van der Waals surface area contributed by atoms with Crippen molar-refractivity contribution in [1.29, 1.82) is 0 Å². The number of rotatable bonds is 3. The van der Waals surface area contributed by atoms with Crippen molar-refractivity contribution in [3.05, 3.63) is 40.8 Å². The average Bonchev–Trinajstić information content (AvgIpc) is 2.83. The van der Waals surface area contributed by atoms with Gasteiger partial charge in [0, 0.05) is 34.9 Å². The van der Waals surface area contributed by atoms with Crippen molar-refractivity contribution in [2.75, 3.05) is 0 Å². The van der Waals surface area contributed by atoms with Crippen LogP contribution in [0.2, 0.25) is 0 Å². The summed E-state index contributed by atoms with van der Waals surface area (Å²) in [5.74, 6) is 0.743. The largest absolute Gasteiger partial charge is 0.425 e. The lowest BCUT2D eigenvalue weighted by molar-refractivity contribution is 0.408. The molecule has 2 aliphatic rings. The molecule has 0 unspecified atom stereocenters. The Morgan fingerprint density at radius 1 is 1.14 bits per heavy atom. The van der Waals surface area contributed by atoms with Gasteiger partial charge in [-0.05, 0) is 43.9 Å². The Kier molecular flexibility index (Phi) is 3.39. The summed E-state index contributed by atoms with van der Waals surface area (Å²) in [4.78, 5) is 11.3. The number of hydrogen-bond donors (Lipinski definition) is 1. The standard InChI is InChI=1S/C16H17NO3S/c18-16-6-2-10-1-5-13(9-15(10)19-16)20-21-14-7-11-3-4-12(8-14)17-11/h1-2,5-6,9,11-12,14,17H,3-4,7-8H2/t11-,12-/m1/s1. The predicted octanol–water partition coefficient (Wildman–Crippen LogP) is 3.10. The molecule has 0 aliphatic carbocycles. The molecule has 2 aliphatic heterocycles. The predicted molar refractivity (Wildman–Crippen MR) is 83.7 cm³/mol. The first-order valence-corrected chi connectivity index (χ1v) is 8.20. The summed E-state index contributed by atoms with van der Waals surface area (Å²) in [6.45, 7) is 0. The summed E-state index contributed by atoms with van der Waals surface area (Å²) in [5, 5.41) is 5.08. The van der Waals surface area contributed by atoms with E-state index in [9.17, 15) is 4.79 Å².